The van der Waals surface area contributed by atoms with Crippen LogP contribution < -0.4 is 0 Å². The van der Waals surface area contributed by atoms with Crippen LogP contribution in [0.4, 0.5) is 0 Å². The lowest BCUT2D eigenvalue weighted by atomic mass is 9.92. The number of ether oxygens (including phenoxy) is 1. The Hall–Kier alpha value is -0.530. The third kappa shape index (κ3) is 7.91. The zero-order valence-corrected chi connectivity index (χ0v) is 14.7. The van der Waals surface area contributed by atoms with Crippen molar-refractivity contribution >= 4 is 5.97 Å². The van der Waals surface area contributed by atoms with Crippen molar-refractivity contribution in [1.29, 1.82) is 0 Å². The monoisotopic (exact) mass is 284 g/mol. The van der Waals surface area contributed by atoms with Gasteiger partial charge in [-0.2, -0.15) is 0 Å². The molecule has 1 saturated carbocycles. The summed E-state index contributed by atoms with van der Waals surface area (Å²) < 4.78 is 5.36. The molecule has 1 fully saturated rings. The van der Waals surface area contributed by atoms with Crippen LogP contribution in [0.5, 0.6) is 0 Å². The third-order valence-corrected chi connectivity index (χ3v) is 4.61. The van der Waals surface area contributed by atoms with Gasteiger partial charge in [-0.25, -0.2) is 0 Å². The predicted octanol–water partition coefficient (Wildman–Crippen LogP) is 5.45. The Balaban J connectivity index is 0.000000441. The van der Waals surface area contributed by atoms with Gasteiger partial charge in [-0.15, -0.1) is 0 Å². The van der Waals surface area contributed by atoms with Crippen molar-refractivity contribution in [1.82, 2.24) is 0 Å². The van der Waals surface area contributed by atoms with Crippen LogP contribution in [-0.4, -0.2) is 12.1 Å². The molecule has 0 aromatic carbocycles. The predicted molar refractivity (Wildman–Crippen MR) is 86.6 cm³/mol. The van der Waals surface area contributed by atoms with Crippen molar-refractivity contribution in [2.75, 3.05) is 0 Å². The molecule has 1 aliphatic carbocycles. The van der Waals surface area contributed by atoms with Gasteiger partial charge in [0.25, 0.3) is 0 Å². The maximum Gasteiger partial charge on any atom is 0.302 e. The fraction of sp³-hybridized carbons (Fsp3) is 0.944. The molecule has 0 bridgehead atoms. The number of rotatable bonds is 5. The molecule has 2 heteroatoms. The van der Waals surface area contributed by atoms with Crippen LogP contribution in [-0.2, 0) is 9.53 Å². The molecule has 0 N–H and O–H groups in total. The number of esters is 1. The quantitative estimate of drug-likeness (QED) is 0.627. The lowest BCUT2D eigenvalue weighted by Crippen LogP contribution is -2.29. The second kappa shape index (κ2) is 10.2. The highest BCUT2D eigenvalue weighted by atomic mass is 16.5. The van der Waals surface area contributed by atoms with E-state index < -0.39 is 0 Å². The van der Waals surface area contributed by atoms with Crippen LogP contribution in [0.3, 0.4) is 0 Å². The summed E-state index contributed by atoms with van der Waals surface area (Å²) in [7, 11) is 0. The zero-order chi connectivity index (χ0) is 15.7. The van der Waals surface area contributed by atoms with Gasteiger partial charge in [0.05, 0.1) is 0 Å². The molecule has 0 radical (unpaired) electrons. The Morgan fingerprint density at radius 3 is 1.80 bits per heavy atom. The Morgan fingerprint density at radius 2 is 1.55 bits per heavy atom. The van der Waals surface area contributed by atoms with E-state index in [4.69, 9.17) is 4.74 Å². The van der Waals surface area contributed by atoms with Crippen molar-refractivity contribution in [3.05, 3.63) is 0 Å². The molecule has 1 aliphatic rings. The van der Waals surface area contributed by atoms with E-state index in [0.29, 0.717) is 11.8 Å². The van der Waals surface area contributed by atoms with Crippen molar-refractivity contribution in [2.45, 2.75) is 86.7 Å². The maximum atomic E-state index is 10.9. The summed E-state index contributed by atoms with van der Waals surface area (Å²) in [6.07, 6.45) is 6.54. The smallest absolute Gasteiger partial charge is 0.302 e. The van der Waals surface area contributed by atoms with E-state index >= 15 is 0 Å². The first kappa shape index (κ1) is 19.5. The van der Waals surface area contributed by atoms with Gasteiger partial charge in [-0.05, 0) is 36.5 Å². The van der Waals surface area contributed by atoms with Crippen LogP contribution in [0, 0.1) is 23.7 Å². The van der Waals surface area contributed by atoms with Gasteiger partial charge in [0, 0.05) is 6.92 Å². The summed E-state index contributed by atoms with van der Waals surface area (Å²) in [4.78, 5) is 10.9. The Bertz CT molecular complexity index is 252. The van der Waals surface area contributed by atoms with E-state index in [1.807, 2.05) is 0 Å². The summed E-state index contributed by atoms with van der Waals surface area (Å²) in [6.45, 7) is 14.8. The van der Waals surface area contributed by atoms with E-state index in [1.165, 1.54) is 39.0 Å². The van der Waals surface area contributed by atoms with E-state index in [-0.39, 0.29) is 12.1 Å². The van der Waals surface area contributed by atoms with E-state index in [0.717, 1.165) is 11.8 Å². The Kier molecular flexibility index (Phi) is 9.96. The fourth-order valence-corrected chi connectivity index (χ4v) is 2.73. The van der Waals surface area contributed by atoms with Crippen molar-refractivity contribution in [3.63, 3.8) is 0 Å². The van der Waals surface area contributed by atoms with E-state index in [1.54, 1.807) is 0 Å². The van der Waals surface area contributed by atoms with Crippen molar-refractivity contribution < 1.29 is 9.53 Å². The van der Waals surface area contributed by atoms with E-state index in [9.17, 15) is 4.79 Å². The summed E-state index contributed by atoms with van der Waals surface area (Å²) >= 11 is 0. The highest BCUT2D eigenvalue weighted by Crippen LogP contribution is 2.32. The lowest BCUT2D eigenvalue weighted by Gasteiger charge is -2.26. The Labute approximate surface area is 126 Å². The average Bonchev–Trinajstić information content (AvgIpc) is 2.88. The molecule has 2 atom stereocenters. The van der Waals surface area contributed by atoms with Crippen LogP contribution >= 0.6 is 0 Å². The fourth-order valence-electron chi connectivity index (χ4n) is 2.73. The summed E-state index contributed by atoms with van der Waals surface area (Å²) in [5, 5.41) is 0. The highest BCUT2D eigenvalue weighted by molar-refractivity contribution is 5.66. The van der Waals surface area contributed by atoms with Gasteiger partial charge < -0.3 is 4.74 Å². The molecule has 2 unspecified atom stereocenters. The molecule has 0 saturated heterocycles. The standard InChI is InChI=1S/C11H20O2.C7H16/c1-8(2)11(13-9(3)12)10-6-4-5-7-10;1-5-7(4)6(2)3/h8,10-11H,4-7H2,1-3H3;6-7H,5H2,1-4H3. The first-order valence-corrected chi connectivity index (χ1v) is 8.46. The normalized spacial score (nSPS) is 18.6. The lowest BCUT2D eigenvalue weighted by molar-refractivity contribution is -0.151. The molecule has 2 nitrogen and oxygen atoms in total. The minimum Gasteiger partial charge on any atom is -0.462 e. The Morgan fingerprint density at radius 1 is 1.05 bits per heavy atom. The average molecular weight is 284 g/mol. The SMILES string of the molecule is CC(=O)OC(C(C)C)C1CCCC1.CCC(C)C(C)C. The van der Waals surface area contributed by atoms with Crippen LogP contribution in [0.2, 0.25) is 0 Å². The first-order valence-electron chi connectivity index (χ1n) is 8.46. The first-order chi connectivity index (χ1) is 9.29. The van der Waals surface area contributed by atoms with Crippen LogP contribution in [0.1, 0.15) is 80.6 Å². The topological polar surface area (TPSA) is 26.3 Å². The van der Waals surface area contributed by atoms with Gasteiger partial charge in [0.1, 0.15) is 6.10 Å². The second-order valence-electron chi connectivity index (χ2n) is 6.99. The largest absolute Gasteiger partial charge is 0.462 e. The van der Waals surface area contributed by atoms with Gasteiger partial charge in [0.15, 0.2) is 0 Å². The third-order valence-electron chi connectivity index (χ3n) is 4.61. The minimum atomic E-state index is -0.134. The summed E-state index contributed by atoms with van der Waals surface area (Å²) in [5.41, 5.74) is 0. The molecular weight excluding hydrogens is 248 g/mol. The van der Waals surface area contributed by atoms with Gasteiger partial charge in [-0.3, -0.25) is 4.79 Å². The van der Waals surface area contributed by atoms with Crippen molar-refractivity contribution in [3.8, 4) is 0 Å². The van der Waals surface area contributed by atoms with Crippen molar-refractivity contribution in [2.24, 2.45) is 23.7 Å². The molecule has 0 aliphatic heterocycles. The molecule has 120 valence electrons. The van der Waals surface area contributed by atoms with Gasteiger partial charge >= 0.3 is 5.97 Å². The number of hydrogen-bond acceptors (Lipinski definition) is 2. The molecule has 20 heavy (non-hydrogen) atoms. The summed E-state index contributed by atoms with van der Waals surface area (Å²) in [5.74, 6) is 2.70. The number of carbonyl (C=O) groups is 1. The maximum absolute atomic E-state index is 10.9. The molecule has 0 spiro atoms. The van der Waals surface area contributed by atoms with Gasteiger partial charge in [-0.1, -0.05) is 60.8 Å². The number of carbonyl (C=O) groups excluding carboxylic acids is 1. The molecule has 0 aromatic heterocycles. The molecule has 1 rings (SSSR count). The highest BCUT2D eigenvalue weighted by Gasteiger charge is 2.29. The molecule has 0 aromatic rings. The van der Waals surface area contributed by atoms with Crippen LogP contribution in [0.25, 0.3) is 0 Å². The zero-order valence-electron chi connectivity index (χ0n) is 14.7. The van der Waals surface area contributed by atoms with Crippen LogP contribution in [0.15, 0.2) is 0 Å². The molecule has 0 amide bonds. The van der Waals surface area contributed by atoms with E-state index in [2.05, 4.69) is 41.5 Å². The molecular formula is C18H36O2. The summed E-state index contributed by atoms with van der Waals surface area (Å²) in [6, 6.07) is 0. The second-order valence-corrected chi connectivity index (χ2v) is 6.99. The van der Waals surface area contributed by atoms with Gasteiger partial charge in [0.2, 0.25) is 0 Å². The minimum absolute atomic E-state index is 0.134. The molecule has 0 heterocycles. The number of hydrogen-bond donors (Lipinski definition) is 0.